The molecule has 116 valence electrons. The van der Waals surface area contributed by atoms with E-state index >= 15 is 0 Å². The van der Waals surface area contributed by atoms with Gasteiger partial charge in [0.25, 0.3) is 5.69 Å². The number of nitrogens with zero attached hydrogens (tertiary/aromatic N) is 2. The molecule has 1 aromatic rings. The van der Waals surface area contributed by atoms with E-state index in [2.05, 4.69) is 10.3 Å². The highest BCUT2D eigenvalue weighted by Crippen LogP contribution is 2.28. The van der Waals surface area contributed by atoms with Crippen LogP contribution in [0.4, 0.5) is 11.4 Å². The molecule has 0 atom stereocenters. The average molecular weight is 294 g/mol. The maximum Gasteiger partial charge on any atom is 0.293 e. The number of hydrazine groups is 1. The number of hydrogen-bond acceptors (Lipinski definition) is 6. The van der Waals surface area contributed by atoms with E-state index < -0.39 is 4.92 Å². The Kier molecular flexibility index (Phi) is 5.49. The van der Waals surface area contributed by atoms with Crippen LogP contribution in [0.1, 0.15) is 31.2 Å². The lowest BCUT2D eigenvalue weighted by atomic mass is 10.1. The van der Waals surface area contributed by atoms with Gasteiger partial charge in [-0.1, -0.05) is 18.9 Å². The third-order valence-corrected chi connectivity index (χ3v) is 4.03. The number of rotatable bonds is 7. The van der Waals surface area contributed by atoms with E-state index in [-0.39, 0.29) is 12.3 Å². The van der Waals surface area contributed by atoms with Crippen LogP contribution in [0, 0.1) is 10.1 Å². The van der Waals surface area contributed by atoms with Gasteiger partial charge in [-0.3, -0.25) is 20.9 Å². The predicted molar refractivity (Wildman–Crippen MR) is 80.7 cm³/mol. The maximum atomic E-state index is 11.1. The van der Waals surface area contributed by atoms with Crippen LogP contribution in [0.25, 0.3) is 0 Å². The summed E-state index contributed by atoms with van der Waals surface area (Å²) in [6.07, 6.45) is 4.68. The standard InChI is InChI=1S/C14H22N4O3/c15-16-13-6-5-11(9-14(13)18(20)21)10-17(7-8-19)12-3-1-2-4-12/h5-6,9,12,16,19H,1-4,7-8,10,15H2. The molecule has 0 saturated heterocycles. The number of nitro benzene ring substituents is 1. The van der Waals surface area contributed by atoms with Crippen molar-refractivity contribution < 1.29 is 10.0 Å². The molecule has 1 aromatic carbocycles. The quantitative estimate of drug-likeness (QED) is 0.401. The molecule has 21 heavy (non-hydrogen) atoms. The number of nitro groups is 1. The van der Waals surface area contributed by atoms with Crippen LogP contribution in [0.3, 0.4) is 0 Å². The van der Waals surface area contributed by atoms with Crippen molar-refractivity contribution >= 4 is 11.4 Å². The first-order valence-electron chi connectivity index (χ1n) is 7.24. The Labute approximate surface area is 123 Å². The molecular formula is C14H22N4O3. The molecule has 1 saturated carbocycles. The molecule has 1 aliphatic carbocycles. The van der Waals surface area contributed by atoms with E-state index in [4.69, 9.17) is 5.84 Å². The molecule has 4 N–H and O–H groups in total. The Hall–Kier alpha value is -1.70. The highest BCUT2D eigenvalue weighted by molar-refractivity contribution is 5.61. The number of nitrogens with two attached hydrogens (primary N) is 1. The molecule has 0 spiro atoms. The Balaban J connectivity index is 2.16. The number of hydrogen-bond donors (Lipinski definition) is 3. The fourth-order valence-corrected chi connectivity index (χ4v) is 2.97. The van der Waals surface area contributed by atoms with Crippen LogP contribution in [0.5, 0.6) is 0 Å². The topological polar surface area (TPSA) is 105 Å². The number of aliphatic hydroxyl groups excluding tert-OH is 1. The van der Waals surface area contributed by atoms with Crippen molar-refractivity contribution in [2.75, 3.05) is 18.6 Å². The van der Waals surface area contributed by atoms with Crippen LogP contribution in [0.2, 0.25) is 0 Å². The zero-order valence-electron chi connectivity index (χ0n) is 12.0. The minimum atomic E-state index is -0.440. The molecule has 0 radical (unpaired) electrons. The van der Waals surface area contributed by atoms with Crippen LogP contribution in [-0.4, -0.2) is 34.1 Å². The minimum absolute atomic E-state index is 0.0228. The van der Waals surface area contributed by atoms with Gasteiger partial charge < -0.3 is 10.5 Å². The van der Waals surface area contributed by atoms with Gasteiger partial charge in [-0.15, -0.1) is 0 Å². The van der Waals surface area contributed by atoms with E-state index in [9.17, 15) is 15.2 Å². The second-order valence-corrected chi connectivity index (χ2v) is 5.39. The molecule has 7 heteroatoms. The second-order valence-electron chi connectivity index (χ2n) is 5.39. The van der Waals surface area contributed by atoms with Gasteiger partial charge in [0.2, 0.25) is 0 Å². The third-order valence-electron chi connectivity index (χ3n) is 4.03. The van der Waals surface area contributed by atoms with Crippen LogP contribution >= 0.6 is 0 Å². The largest absolute Gasteiger partial charge is 0.395 e. The van der Waals surface area contributed by atoms with Crippen molar-refractivity contribution in [2.45, 2.75) is 38.3 Å². The van der Waals surface area contributed by atoms with Gasteiger partial charge in [-0.2, -0.15) is 0 Å². The van der Waals surface area contributed by atoms with Crippen molar-refractivity contribution in [1.82, 2.24) is 4.90 Å². The first-order chi connectivity index (χ1) is 10.2. The lowest BCUT2D eigenvalue weighted by Crippen LogP contribution is -2.35. The Morgan fingerprint density at radius 2 is 2.14 bits per heavy atom. The van der Waals surface area contributed by atoms with Gasteiger partial charge in [0, 0.05) is 25.2 Å². The summed E-state index contributed by atoms with van der Waals surface area (Å²) < 4.78 is 0. The Bertz CT molecular complexity index is 489. The molecule has 0 aliphatic heterocycles. The Morgan fingerprint density at radius 1 is 1.43 bits per heavy atom. The highest BCUT2D eigenvalue weighted by Gasteiger charge is 2.23. The van der Waals surface area contributed by atoms with Crippen molar-refractivity contribution in [3.05, 3.63) is 33.9 Å². The summed E-state index contributed by atoms with van der Waals surface area (Å²) in [6.45, 7) is 1.30. The lowest BCUT2D eigenvalue weighted by molar-refractivity contribution is -0.384. The fourth-order valence-electron chi connectivity index (χ4n) is 2.97. The second kappa shape index (κ2) is 7.35. The molecule has 1 aliphatic rings. The van der Waals surface area contributed by atoms with E-state index in [1.165, 1.54) is 12.8 Å². The third kappa shape index (κ3) is 3.90. The molecule has 1 fully saturated rings. The number of nitrogens with one attached hydrogen (secondary N) is 1. The number of anilines is 1. The van der Waals surface area contributed by atoms with Gasteiger partial charge in [-0.05, 0) is 24.5 Å². The van der Waals surface area contributed by atoms with Gasteiger partial charge >= 0.3 is 0 Å². The molecule has 2 rings (SSSR count). The van der Waals surface area contributed by atoms with E-state index in [0.717, 1.165) is 18.4 Å². The predicted octanol–water partition coefficient (Wildman–Crippen LogP) is 1.62. The Morgan fingerprint density at radius 3 is 2.71 bits per heavy atom. The SMILES string of the molecule is NNc1ccc(CN(CCO)C2CCCC2)cc1[N+](=O)[O-]. The van der Waals surface area contributed by atoms with Crippen LogP contribution in [-0.2, 0) is 6.54 Å². The van der Waals surface area contributed by atoms with Crippen LogP contribution < -0.4 is 11.3 Å². The molecule has 0 heterocycles. The van der Waals surface area contributed by atoms with Crippen molar-refractivity contribution in [3.8, 4) is 0 Å². The number of benzene rings is 1. The first kappa shape index (κ1) is 15.7. The van der Waals surface area contributed by atoms with Crippen molar-refractivity contribution in [1.29, 1.82) is 0 Å². The van der Waals surface area contributed by atoms with Gasteiger partial charge in [-0.25, -0.2) is 0 Å². The van der Waals surface area contributed by atoms with E-state index in [1.807, 2.05) is 6.07 Å². The summed E-state index contributed by atoms with van der Waals surface area (Å²) >= 11 is 0. The molecule has 7 nitrogen and oxygen atoms in total. The summed E-state index contributed by atoms with van der Waals surface area (Å²) in [5, 5.41) is 20.3. The zero-order valence-corrected chi connectivity index (χ0v) is 12.0. The number of nitrogen functional groups attached to an aromatic ring is 1. The van der Waals surface area contributed by atoms with E-state index in [1.54, 1.807) is 12.1 Å². The van der Waals surface area contributed by atoms with Gasteiger partial charge in [0.15, 0.2) is 0 Å². The normalized spacial score (nSPS) is 15.6. The lowest BCUT2D eigenvalue weighted by Gasteiger charge is -2.28. The molecule has 0 amide bonds. The highest BCUT2D eigenvalue weighted by atomic mass is 16.6. The summed E-state index contributed by atoms with van der Waals surface area (Å²) in [7, 11) is 0. The molecular weight excluding hydrogens is 272 g/mol. The van der Waals surface area contributed by atoms with Crippen molar-refractivity contribution in [2.24, 2.45) is 5.84 Å². The van der Waals surface area contributed by atoms with Gasteiger partial charge in [0.1, 0.15) is 5.69 Å². The van der Waals surface area contributed by atoms with Crippen LogP contribution in [0.15, 0.2) is 18.2 Å². The van der Waals surface area contributed by atoms with E-state index in [0.29, 0.717) is 24.8 Å². The number of aliphatic hydroxyl groups is 1. The van der Waals surface area contributed by atoms with Crippen molar-refractivity contribution in [3.63, 3.8) is 0 Å². The first-order valence-corrected chi connectivity index (χ1v) is 7.24. The average Bonchev–Trinajstić information content (AvgIpc) is 3.00. The smallest absolute Gasteiger partial charge is 0.293 e. The summed E-state index contributed by atoms with van der Waals surface area (Å²) in [5.41, 5.74) is 3.49. The summed E-state index contributed by atoms with van der Waals surface area (Å²) in [5.74, 6) is 5.29. The molecule has 0 aromatic heterocycles. The summed E-state index contributed by atoms with van der Waals surface area (Å²) in [6, 6.07) is 5.47. The monoisotopic (exact) mass is 294 g/mol. The fraction of sp³-hybridized carbons (Fsp3) is 0.571. The van der Waals surface area contributed by atoms with Gasteiger partial charge in [0.05, 0.1) is 11.5 Å². The maximum absolute atomic E-state index is 11.1. The minimum Gasteiger partial charge on any atom is -0.395 e. The molecule has 0 unspecified atom stereocenters. The zero-order chi connectivity index (χ0) is 15.2. The summed E-state index contributed by atoms with van der Waals surface area (Å²) in [4.78, 5) is 12.8. The molecule has 0 bridgehead atoms.